The largest absolute Gasteiger partial charge is 0.257 e. The van der Waals surface area contributed by atoms with E-state index < -0.39 is 0 Å². The highest BCUT2D eigenvalue weighted by Gasteiger charge is 2.10. The fourth-order valence-corrected chi connectivity index (χ4v) is 2.56. The second kappa shape index (κ2) is 8.29. The van der Waals surface area contributed by atoms with Crippen LogP contribution in [-0.2, 0) is 25.7 Å². The third-order valence-corrected chi connectivity index (χ3v) is 3.37. The molecule has 0 unspecified atom stereocenters. The van der Waals surface area contributed by atoms with E-state index in [0.29, 0.717) is 0 Å². The van der Waals surface area contributed by atoms with E-state index >= 15 is 0 Å². The van der Waals surface area contributed by atoms with Crippen LogP contribution in [0, 0.1) is 0 Å². The lowest BCUT2D eigenvalue weighted by molar-refractivity contribution is 0.771. The lowest BCUT2D eigenvalue weighted by atomic mass is 9.97. The summed E-state index contributed by atoms with van der Waals surface area (Å²) in [7, 11) is 0. The maximum Gasteiger partial charge on any atom is 0.0438 e. The molecule has 0 N–H and O–H groups in total. The molecule has 1 aromatic rings. The molecule has 0 spiro atoms. The van der Waals surface area contributed by atoms with Crippen molar-refractivity contribution in [2.45, 2.75) is 79.1 Å². The second-order valence-corrected chi connectivity index (χ2v) is 5.20. The van der Waals surface area contributed by atoms with Crippen molar-refractivity contribution in [1.82, 2.24) is 4.98 Å². The molecule has 0 aromatic carbocycles. The summed E-state index contributed by atoms with van der Waals surface area (Å²) < 4.78 is 0. The molecule has 1 heteroatoms. The van der Waals surface area contributed by atoms with Gasteiger partial charge in [-0.05, 0) is 36.8 Å². The fraction of sp³-hybridized carbons (Fsp3) is 0.706. The average molecular weight is 247 g/mol. The van der Waals surface area contributed by atoms with Crippen LogP contribution < -0.4 is 0 Å². The highest BCUT2D eigenvalue weighted by Crippen LogP contribution is 2.19. The van der Waals surface area contributed by atoms with Crippen molar-refractivity contribution in [3.63, 3.8) is 0 Å². The van der Waals surface area contributed by atoms with E-state index in [9.17, 15) is 0 Å². The van der Waals surface area contributed by atoms with Crippen LogP contribution in [0.5, 0.6) is 0 Å². The van der Waals surface area contributed by atoms with Gasteiger partial charge in [-0.2, -0.15) is 0 Å². The Kier molecular flexibility index (Phi) is 7.00. The predicted octanol–water partition coefficient (Wildman–Crippen LogP) is 4.89. The third-order valence-electron chi connectivity index (χ3n) is 3.37. The molecule has 0 atom stereocenters. The first-order valence-electron chi connectivity index (χ1n) is 7.77. The van der Waals surface area contributed by atoms with Crippen LogP contribution in [0.4, 0.5) is 0 Å². The number of hydrogen-bond acceptors (Lipinski definition) is 1. The summed E-state index contributed by atoms with van der Waals surface area (Å²) in [6, 6.07) is 2.45. The molecule has 0 aliphatic carbocycles. The minimum atomic E-state index is 1.14. The van der Waals surface area contributed by atoms with Gasteiger partial charge in [-0.3, -0.25) is 4.98 Å². The number of nitrogens with zero attached hydrogens (tertiary/aromatic N) is 1. The quantitative estimate of drug-likeness (QED) is 0.637. The van der Waals surface area contributed by atoms with E-state index in [1.54, 1.807) is 0 Å². The lowest BCUT2D eigenvalue weighted by Crippen LogP contribution is -2.06. The highest BCUT2D eigenvalue weighted by atomic mass is 14.7. The van der Waals surface area contributed by atoms with Crippen molar-refractivity contribution in [2.24, 2.45) is 0 Å². The van der Waals surface area contributed by atoms with Crippen LogP contribution in [0.3, 0.4) is 0 Å². The van der Waals surface area contributed by atoms with Crippen LogP contribution in [0.25, 0.3) is 0 Å². The predicted molar refractivity (Wildman–Crippen MR) is 80.2 cm³/mol. The smallest absolute Gasteiger partial charge is 0.0438 e. The maximum absolute atomic E-state index is 4.99. The molecule has 102 valence electrons. The highest BCUT2D eigenvalue weighted by molar-refractivity contribution is 5.31. The van der Waals surface area contributed by atoms with E-state index in [2.05, 4.69) is 33.8 Å². The Morgan fingerprint density at radius 1 is 0.667 bits per heavy atom. The Morgan fingerprint density at radius 3 is 1.39 bits per heavy atom. The van der Waals surface area contributed by atoms with Gasteiger partial charge in [0.25, 0.3) is 0 Å². The van der Waals surface area contributed by atoms with Crippen molar-refractivity contribution in [3.8, 4) is 0 Å². The van der Waals surface area contributed by atoms with Crippen molar-refractivity contribution >= 4 is 0 Å². The molecular weight excluding hydrogens is 218 g/mol. The van der Waals surface area contributed by atoms with Gasteiger partial charge in [0, 0.05) is 11.4 Å². The zero-order chi connectivity index (χ0) is 13.4. The fourth-order valence-electron chi connectivity index (χ4n) is 2.56. The second-order valence-electron chi connectivity index (χ2n) is 5.20. The van der Waals surface area contributed by atoms with Crippen molar-refractivity contribution in [1.29, 1.82) is 0 Å². The van der Waals surface area contributed by atoms with Crippen molar-refractivity contribution in [2.75, 3.05) is 0 Å². The summed E-state index contributed by atoms with van der Waals surface area (Å²) in [5, 5.41) is 0. The number of rotatable bonds is 8. The summed E-state index contributed by atoms with van der Waals surface area (Å²) in [5.74, 6) is 0. The molecule has 1 rings (SSSR count). The number of aromatic nitrogens is 1. The van der Waals surface area contributed by atoms with Gasteiger partial charge in [-0.1, -0.05) is 59.4 Å². The molecule has 0 amide bonds. The Labute approximate surface area is 113 Å². The molecule has 0 aliphatic heterocycles. The Bertz CT molecular complexity index is 289. The van der Waals surface area contributed by atoms with Crippen LogP contribution in [0.2, 0.25) is 0 Å². The van der Waals surface area contributed by atoms with Gasteiger partial charge in [0.1, 0.15) is 0 Å². The molecule has 18 heavy (non-hydrogen) atoms. The Balaban J connectivity index is 3.11. The van der Waals surface area contributed by atoms with E-state index in [4.69, 9.17) is 4.98 Å². The van der Waals surface area contributed by atoms with Gasteiger partial charge in [-0.25, -0.2) is 0 Å². The molecule has 1 aromatic heterocycles. The van der Waals surface area contributed by atoms with E-state index in [-0.39, 0.29) is 0 Å². The SMILES string of the molecule is CCCc1cc(CCC)c(CCC)nc1CCC. The van der Waals surface area contributed by atoms with Gasteiger partial charge in [0.2, 0.25) is 0 Å². The van der Waals surface area contributed by atoms with Gasteiger partial charge >= 0.3 is 0 Å². The van der Waals surface area contributed by atoms with Gasteiger partial charge < -0.3 is 0 Å². The van der Waals surface area contributed by atoms with Gasteiger partial charge in [0.05, 0.1) is 0 Å². The summed E-state index contributed by atoms with van der Waals surface area (Å²) in [6.45, 7) is 9.01. The summed E-state index contributed by atoms with van der Waals surface area (Å²) in [4.78, 5) is 4.99. The van der Waals surface area contributed by atoms with Crippen LogP contribution >= 0.6 is 0 Å². The molecule has 0 radical (unpaired) electrons. The molecule has 1 nitrogen and oxygen atoms in total. The number of hydrogen-bond donors (Lipinski definition) is 0. The first kappa shape index (κ1) is 15.2. The minimum Gasteiger partial charge on any atom is -0.257 e. The zero-order valence-corrected chi connectivity index (χ0v) is 12.7. The third kappa shape index (κ3) is 4.12. The number of pyridine rings is 1. The molecule has 0 fully saturated rings. The van der Waals surface area contributed by atoms with E-state index in [0.717, 1.165) is 12.8 Å². The normalized spacial score (nSPS) is 10.9. The first-order valence-corrected chi connectivity index (χ1v) is 7.77. The molecule has 0 bridgehead atoms. The summed E-state index contributed by atoms with van der Waals surface area (Å²) >= 11 is 0. The monoisotopic (exact) mass is 247 g/mol. The molecule has 0 saturated heterocycles. The summed E-state index contributed by atoms with van der Waals surface area (Å²) in [5.41, 5.74) is 5.73. The average Bonchev–Trinajstić information content (AvgIpc) is 2.35. The first-order chi connectivity index (χ1) is 8.76. The molecule has 0 saturated carbocycles. The minimum absolute atomic E-state index is 1.14. The van der Waals surface area contributed by atoms with Crippen molar-refractivity contribution in [3.05, 3.63) is 28.6 Å². The maximum atomic E-state index is 4.99. The van der Waals surface area contributed by atoms with Gasteiger partial charge in [-0.15, -0.1) is 0 Å². The summed E-state index contributed by atoms with van der Waals surface area (Å²) in [6.07, 6.45) is 9.48. The number of aryl methyl sites for hydroxylation is 4. The zero-order valence-electron chi connectivity index (χ0n) is 12.7. The molecule has 0 aliphatic rings. The van der Waals surface area contributed by atoms with Crippen LogP contribution in [-0.4, -0.2) is 4.98 Å². The molecule has 1 heterocycles. The topological polar surface area (TPSA) is 12.9 Å². The standard InChI is InChI=1S/C17H29N/c1-5-9-14-13-15(10-6-2)17(12-8-4)18-16(14)11-7-3/h13H,5-12H2,1-4H3. The Hall–Kier alpha value is -0.850. The molecular formula is C17H29N. The lowest BCUT2D eigenvalue weighted by Gasteiger charge is -2.14. The van der Waals surface area contributed by atoms with Crippen LogP contribution in [0.15, 0.2) is 6.07 Å². The van der Waals surface area contributed by atoms with Crippen LogP contribution in [0.1, 0.15) is 75.9 Å². The van der Waals surface area contributed by atoms with E-state index in [1.807, 2.05) is 0 Å². The van der Waals surface area contributed by atoms with Crippen molar-refractivity contribution < 1.29 is 0 Å². The Morgan fingerprint density at radius 2 is 1.06 bits per heavy atom. The van der Waals surface area contributed by atoms with Gasteiger partial charge in [0.15, 0.2) is 0 Å². The van der Waals surface area contributed by atoms with E-state index in [1.165, 1.54) is 61.0 Å².